The van der Waals surface area contributed by atoms with Gasteiger partial charge in [0.2, 0.25) is 0 Å². The SMILES string of the molecule is O=C1O[Se][Se]OC1=O. The van der Waals surface area contributed by atoms with Crippen LogP contribution in [0.4, 0.5) is 0 Å². The standard InChI is InChI=1S/C2O4Se2/c3-1-2(4)6-8-7-5-1. The summed E-state index contributed by atoms with van der Waals surface area (Å²) < 4.78 is 8.73. The predicted octanol–water partition coefficient (Wildman–Crippen LogP) is -1.76. The van der Waals surface area contributed by atoms with E-state index in [1.807, 2.05) is 0 Å². The van der Waals surface area contributed by atoms with E-state index in [0.29, 0.717) is 0 Å². The number of hydrogen-bond donors (Lipinski definition) is 0. The monoisotopic (exact) mass is 248 g/mol. The van der Waals surface area contributed by atoms with Gasteiger partial charge in [0, 0.05) is 0 Å². The molecule has 0 bridgehead atoms. The van der Waals surface area contributed by atoms with Gasteiger partial charge in [-0.05, 0) is 0 Å². The Morgan fingerprint density at radius 2 is 1.38 bits per heavy atom. The molecule has 0 N–H and O–H groups in total. The van der Waals surface area contributed by atoms with E-state index in [9.17, 15) is 9.59 Å². The summed E-state index contributed by atoms with van der Waals surface area (Å²) in [7, 11) is 0. The fraction of sp³-hybridized carbons (Fsp3) is 0. The maximum atomic E-state index is 10.1. The summed E-state index contributed by atoms with van der Waals surface area (Å²) in [6.45, 7) is 0. The van der Waals surface area contributed by atoms with E-state index in [0.717, 1.165) is 0 Å². The molecule has 8 heavy (non-hydrogen) atoms. The molecule has 0 atom stereocenters. The first-order valence-corrected chi connectivity index (χ1v) is 7.30. The normalized spacial score (nSPS) is 19.5. The Kier molecular flexibility index (Phi) is 1.91. The number of carbonyl (C=O) groups is 2. The predicted molar refractivity (Wildman–Crippen MR) is 23.7 cm³/mol. The molecule has 0 aromatic carbocycles. The van der Waals surface area contributed by atoms with E-state index in [1.165, 1.54) is 0 Å². The molecule has 1 fully saturated rings. The van der Waals surface area contributed by atoms with Gasteiger partial charge in [-0.2, -0.15) is 0 Å². The van der Waals surface area contributed by atoms with Crippen molar-refractivity contribution in [2.75, 3.05) is 0 Å². The average molecular weight is 246 g/mol. The van der Waals surface area contributed by atoms with Crippen LogP contribution in [-0.2, 0) is 17.2 Å². The van der Waals surface area contributed by atoms with Gasteiger partial charge >= 0.3 is 56.1 Å². The quantitative estimate of drug-likeness (QED) is 0.375. The van der Waals surface area contributed by atoms with E-state index in [1.54, 1.807) is 0 Å². The second kappa shape index (κ2) is 2.51. The molecule has 0 aromatic rings. The van der Waals surface area contributed by atoms with Crippen LogP contribution in [0.3, 0.4) is 0 Å². The molecule has 0 spiro atoms. The summed E-state index contributed by atoms with van der Waals surface area (Å²) in [5.74, 6) is -1.70. The number of rotatable bonds is 0. The average Bonchev–Trinajstić information content (AvgIpc) is 1.77. The zero-order valence-corrected chi connectivity index (χ0v) is 6.88. The third-order valence-corrected chi connectivity index (χ3v) is 3.54. The molecule has 44 valence electrons. The van der Waals surface area contributed by atoms with Crippen LogP contribution >= 0.6 is 0 Å². The van der Waals surface area contributed by atoms with E-state index in [4.69, 9.17) is 0 Å². The molecule has 1 heterocycles. The number of carbonyl (C=O) groups excluding carboxylic acids is 2. The van der Waals surface area contributed by atoms with Crippen molar-refractivity contribution in [2.45, 2.75) is 0 Å². The molecule has 1 aliphatic rings. The molecule has 4 nitrogen and oxygen atoms in total. The molecule has 1 saturated heterocycles. The Morgan fingerprint density at radius 1 is 1.00 bits per heavy atom. The van der Waals surface area contributed by atoms with Gasteiger partial charge in [0.25, 0.3) is 0 Å². The minimum atomic E-state index is -0.849. The molecule has 1 aliphatic heterocycles. The number of hydrogen-bond acceptors (Lipinski definition) is 4. The molecular weight excluding hydrogens is 246 g/mol. The van der Waals surface area contributed by atoms with Gasteiger partial charge in [-0.15, -0.1) is 0 Å². The Labute approximate surface area is 56.4 Å². The van der Waals surface area contributed by atoms with E-state index < -0.39 is 11.9 Å². The molecular formula is C2O4Se2. The summed E-state index contributed by atoms with van der Waals surface area (Å²) in [6, 6.07) is 0. The minimum absolute atomic E-state index is 0.224. The topological polar surface area (TPSA) is 52.6 Å². The molecule has 0 amide bonds. The zero-order valence-electron chi connectivity index (χ0n) is 3.45. The van der Waals surface area contributed by atoms with Gasteiger partial charge in [0.05, 0.1) is 0 Å². The van der Waals surface area contributed by atoms with Crippen LogP contribution in [0.5, 0.6) is 0 Å². The first-order valence-electron chi connectivity index (χ1n) is 1.57. The third-order valence-electron chi connectivity index (χ3n) is 0.414. The first-order chi connectivity index (χ1) is 3.80. The Hall–Kier alpha value is -0.0210. The van der Waals surface area contributed by atoms with Crippen molar-refractivity contribution in [2.24, 2.45) is 0 Å². The second-order valence-corrected chi connectivity index (χ2v) is 5.12. The van der Waals surface area contributed by atoms with Crippen LogP contribution in [0, 0.1) is 0 Å². The summed E-state index contributed by atoms with van der Waals surface area (Å²) in [5, 5.41) is 0. The Morgan fingerprint density at radius 3 is 1.62 bits per heavy atom. The molecule has 0 saturated carbocycles. The Balaban J connectivity index is 2.52. The fourth-order valence-electron chi connectivity index (χ4n) is 0.158. The van der Waals surface area contributed by atoms with Gasteiger partial charge < -0.3 is 0 Å². The fourth-order valence-corrected chi connectivity index (χ4v) is 2.77. The van der Waals surface area contributed by atoms with Gasteiger partial charge in [0.1, 0.15) is 0 Å². The molecule has 0 aliphatic carbocycles. The summed E-state index contributed by atoms with van der Waals surface area (Å²) in [4.78, 5) is 20.2. The van der Waals surface area contributed by atoms with Gasteiger partial charge in [-0.25, -0.2) is 0 Å². The van der Waals surface area contributed by atoms with E-state index in [-0.39, 0.29) is 26.9 Å². The van der Waals surface area contributed by atoms with Crippen molar-refractivity contribution in [3.63, 3.8) is 0 Å². The molecule has 0 unspecified atom stereocenters. The van der Waals surface area contributed by atoms with Gasteiger partial charge in [0.15, 0.2) is 0 Å². The van der Waals surface area contributed by atoms with Crippen molar-refractivity contribution in [1.29, 1.82) is 0 Å². The van der Waals surface area contributed by atoms with Crippen molar-refractivity contribution >= 4 is 38.9 Å². The van der Waals surface area contributed by atoms with Crippen molar-refractivity contribution in [3.8, 4) is 0 Å². The van der Waals surface area contributed by atoms with Crippen LogP contribution in [-0.4, -0.2) is 38.9 Å². The van der Waals surface area contributed by atoms with Crippen LogP contribution in [0.25, 0.3) is 0 Å². The van der Waals surface area contributed by atoms with Crippen LogP contribution in [0.2, 0.25) is 0 Å². The van der Waals surface area contributed by atoms with Crippen LogP contribution in [0.15, 0.2) is 0 Å². The van der Waals surface area contributed by atoms with Crippen molar-refractivity contribution < 1.29 is 17.2 Å². The van der Waals surface area contributed by atoms with Crippen LogP contribution < -0.4 is 0 Å². The van der Waals surface area contributed by atoms with Gasteiger partial charge in [-0.1, -0.05) is 0 Å². The molecule has 0 radical (unpaired) electrons. The zero-order chi connectivity index (χ0) is 5.98. The molecule has 6 heteroatoms. The van der Waals surface area contributed by atoms with E-state index >= 15 is 0 Å². The molecule has 0 aromatic heterocycles. The van der Waals surface area contributed by atoms with Crippen molar-refractivity contribution in [1.82, 2.24) is 0 Å². The van der Waals surface area contributed by atoms with Crippen molar-refractivity contribution in [3.05, 3.63) is 0 Å². The summed E-state index contributed by atoms with van der Waals surface area (Å²) >= 11 is -0.448. The first kappa shape index (κ1) is 6.10. The maximum absolute atomic E-state index is 10.1. The Bertz CT molecular complexity index is 116. The molecule has 1 rings (SSSR count). The van der Waals surface area contributed by atoms with E-state index in [2.05, 4.69) is 7.64 Å². The summed E-state index contributed by atoms with van der Waals surface area (Å²) in [6.07, 6.45) is 0. The second-order valence-electron chi connectivity index (χ2n) is 0.878. The summed E-state index contributed by atoms with van der Waals surface area (Å²) in [5.41, 5.74) is 0. The third kappa shape index (κ3) is 1.23. The van der Waals surface area contributed by atoms with Crippen LogP contribution in [0.1, 0.15) is 0 Å². The van der Waals surface area contributed by atoms with Gasteiger partial charge in [-0.3, -0.25) is 0 Å².